The Labute approximate surface area is 127 Å². The van der Waals surface area contributed by atoms with E-state index in [0.29, 0.717) is 17.9 Å². The summed E-state index contributed by atoms with van der Waals surface area (Å²) in [7, 11) is 0. The maximum Gasteiger partial charge on any atom is 0.163 e. The van der Waals surface area contributed by atoms with E-state index in [0.717, 1.165) is 21.2 Å². The minimum absolute atomic E-state index is 0.0110. The van der Waals surface area contributed by atoms with Gasteiger partial charge < -0.3 is 4.74 Å². The van der Waals surface area contributed by atoms with Crippen molar-refractivity contribution in [2.75, 3.05) is 0 Å². The number of carbonyl (C=O) groups is 1. The topological polar surface area (TPSA) is 26.3 Å². The molecule has 2 nitrogen and oxygen atoms in total. The van der Waals surface area contributed by atoms with Crippen LogP contribution in [0.25, 0.3) is 0 Å². The highest BCUT2D eigenvalue weighted by Gasteiger charge is 2.16. The lowest BCUT2D eigenvalue weighted by Crippen LogP contribution is -2.05. The molecule has 0 aliphatic carbocycles. The summed E-state index contributed by atoms with van der Waals surface area (Å²) < 4.78 is 6.85. The maximum absolute atomic E-state index is 11.8. The van der Waals surface area contributed by atoms with E-state index in [1.807, 2.05) is 50.2 Å². The predicted octanol–water partition coefficient (Wildman–Crippen LogP) is 4.85. The van der Waals surface area contributed by atoms with Crippen molar-refractivity contribution in [3.8, 4) is 5.75 Å². The molecule has 20 heavy (non-hydrogen) atoms. The van der Waals surface area contributed by atoms with Gasteiger partial charge in [0.25, 0.3) is 0 Å². The van der Waals surface area contributed by atoms with Crippen molar-refractivity contribution < 1.29 is 9.53 Å². The van der Waals surface area contributed by atoms with Gasteiger partial charge in [-0.05, 0) is 43.5 Å². The molecule has 0 amide bonds. The molecule has 0 radical (unpaired) electrons. The molecule has 0 saturated heterocycles. The Hall–Kier alpha value is -1.61. The summed E-state index contributed by atoms with van der Waals surface area (Å²) in [5.74, 6) is 0.693. The predicted molar refractivity (Wildman–Crippen MR) is 84.4 cm³/mol. The number of carbonyl (C=O) groups excluding carboxylic acids is 1. The van der Waals surface area contributed by atoms with Crippen molar-refractivity contribution in [3.05, 3.63) is 63.1 Å². The summed E-state index contributed by atoms with van der Waals surface area (Å²) in [4.78, 5) is 11.8. The van der Waals surface area contributed by atoms with Crippen LogP contribution in [0.2, 0.25) is 0 Å². The fourth-order valence-electron chi connectivity index (χ4n) is 2.03. The summed E-state index contributed by atoms with van der Waals surface area (Å²) in [5.41, 5.74) is 3.80. The van der Waals surface area contributed by atoms with Crippen LogP contribution in [-0.2, 0) is 6.61 Å². The van der Waals surface area contributed by atoms with E-state index in [-0.39, 0.29) is 5.78 Å². The number of rotatable bonds is 4. The van der Waals surface area contributed by atoms with Crippen LogP contribution < -0.4 is 4.74 Å². The average molecular weight is 333 g/mol. The first-order chi connectivity index (χ1) is 9.50. The van der Waals surface area contributed by atoms with E-state index < -0.39 is 0 Å². The highest BCUT2D eigenvalue weighted by atomic mass is 79.9. The number of benzene rings is 2. The van der Waals surface area contributed by atoms with Gasteiger partial charge in [-0.1, -0.05) is 46.3 Å². The third kappa shape index (κ3) is 3.10. The second-order valence-corrected chi connectivity index (χ2v) is 5.67. The van der Waals surface area contributed by atoms with Gasteiger partial charge in [-0.3, -0.25) is 4.79 Å². The summed E-state index contributed by atoms with van der Waals surface area (Å²) in [6.07, 6.45) is 0. The van der Waals surface area contributed by atoms with Gasteiger partial charge in [0.2, 0.25) is 0 Å². The smallest absolute Gasteiger partial charge is 0.163 e. The lowest BCUT2D eigenvalue weighted by atomic mass is 10.0. The first-order valence-electron chi connectivity index (χ1n) is 6.48. The van der Waals surface area contributed by atoms with Gasteiger partial charge in [-0.15, -0.1) is 0 Å². The molecule has 0 aromatic heterocycles. The van der Waals surface area contributed by atoms with Crippen LogP contribution in [0.1, 0.15) is 34.0 Å². The van der Waals surface area contributed by atoms with Crippen molar-refractivity contribution in [1.29, 1.82) is 0 Å². The van der Waals surface area contributed by atoms with Gasteiger partial charge in [0, 0.05) is 4.47 Å². The van der Waals surface area contributed by atoms with Crippen LogP contribution in [0, 0.1) is 13.8 Å². The third-order valence-electron chi connectivity index (χ3n) is 3.38. The Balaban J connectivity index is 2.35. The molecule has 104 valence electrons. The Bertz CT molecular complexity index is 633. The van der Waals surface area contributed by atoms with Crippen LogP contribution >= 0.6 is 15.9 Å². The first kappa shape index (κ1) is 14.8. The van der Waals surface area contributed by atoms with Gasteiger partial charge in [-0.25, -0.2) is 0 Å². The van der Waals surface area contributed by atoms with Crippen molar-refractivity contribution in [3.63, 3.8) is 0 Å². The zero-order chi connectivity index (χ0) is 14.7. The summed E-state index contributed by atoms with van der Waals surface area (Å²) in [6, 6.07) is 11.8. The lowest BCUT2D eigenvalue weighted by molar-refractivity contribution is 0.101. The Kier molecular flexibility index (Phi) is 4.61. The molecule has 0 spiro atoms. The van der Waals surface area contributed by atoms with Crippen LogP contribution in [0.4, 0.5) is 0 Å². The standard InChI is InChI=1S/C17H17BrO2/c1-11-12(2)17(15(13(3)19)9-16(11)18)20-10-14-7-5-4-6-8-14/h4-9H,10H2,1-3H3. The molecule has 0 bridgehead atoms. The third-order valence-corrected chi connectivity index (χ3v) is 4.21. The molecule has 0 aliphatic rings. The highest BCUT2D eigenvalue weighted by molar-refractivity contribution is 9.10. The van der Waals surface area contributed by atoms with E-state index in [4.69, 9.17) is 4.74 Å². The fraction of sp³-hybridized carbons (Fsp3) is 0.235. The van der Waals surface area contributed by atoms with Gasteiger partial charge >= 0.3 is 0 Å². The van der Waals surface area contributed by atoms with E-state index in [2.05, 4.69) is 15.9 Å². The summed E-state index contributed by atoms with van der Waals surface area (Å²) >= 11 is 3.49. The van der Waals surface area contributed by atoms with Gasteiger partial charge in [0.1, 0.15) is 12.4 Å². The number of ketones is 1. The Morgan fingerprint density at radius 3 is 2.40 bits per heavy atom. The first-order valence-corrected chi connectivity index (χ1v) is 7.27. The number of ether oxygens (including phenoxy) is 1. The quantitative estimate of drug-likeness (QED) is 0.748. The molecule has 3 heteroatoms. The van der Waals surface area contributed by atoms with Crippen molar-refractivity contribution >= 4 is 21.7 Å². The number of hydrogen-bond acceptors (Lipinski definition) is 2. The minimum atomic E-state index is 0.0110. The van der Waals surface area contributed by atoms with Crippen molar-refractivity contribution in [2.24, 2.45) is 0 Å². The molecular weight excluding hydrogens is 316 g/mol. The van der Waals surface area contributed by atoms with E-state index in [9.17, 15) is 4.79 Å². The number of hydrogen-bond donors (Lipinski definition) is 0. The molecular formula is C17H17BrO2. The number of Topliss-reactive ketones (excluding diaryl/α,β-unsaturated/α-hetero) is 1. The molecule has 0 fully saturated rings. The second-order valence-electron chi connectivity index (χ2n) is 4.82. The fourth-order valence-corrected chi connectivity index (χ4v) is 2.56. The molecule has 0 atom stereocenters. The monoisotopic (exact) mass is 332 g/mol. The summed E-state index contributed by atoms with van der Waals surface area (Å²) in [5, 5.41) is 0. The molecule has 2 aromatic carbocycles. The van der Waals surface area contributed by atoms with Crippen LogP contribution in [0.5, 0.6) is 5.75 Å². The lowest BCUT2D eigenvalue weighted by Gasteiger charge is -2.16. The Morgan fingerprint density at radius 1 is 1.15 bits per heavy atom. The normalized spacial score (nSPS) is 10.4. The SMILES string of the molecule is CC(=O)c1cc(Br)c(C)c(C)c1OCc1ccccc1. The molecule has 0 saturated carbocycles. The van der Waals surface area contributed by atoms with Crippen LogP contribution in [0.3, 0.4) is 0 Å². The maximum atomic E-state index is 11.8. The molecule has 2 rings (SSSR count). The van der Waals surface area contributed by atoms with E-state index in [1.165, 1.54) is 0 Å². The van der Waals surface area contributed by atoms with E-state index >= 15 is 0 Å². The largest absolute Gasteiger partial charge is 0.488 e. The van der Waals surface area contributed by atoms with Gasteiger partial charge in [-0.2, -0.15) is 0 Å². The van der Waals surface area contributed by atoms with Gasteiger partial charge in [0.05, 0.1) is 5.56 Å². The molecule has 0 N–H and O–H groups in total. The molecule has 0 unspecified atom stereocenters. The van der Waals surface area contributed by atoms with Crippen molar-refractivity contribution in [2.45, 2.75) is 27.4 Å². The van der Waals surface area contributed by atoms with Crippen LogP contribution in [0.15, 0.2) is 40.9 Å². The van der Waals surface area contributed by atoms with Crippen LogP contribution in [-0.4, -0.2) is 5.78 Å². The molecule has 2 aromatic rings. The van der Waals surface area contributed by atoms with Crippen molar-refractivity contribution in [1.82, 2.24) is 0 Å². The average Bonchev–Trinajstić information content (AvgIpc) is 2.44. The second kappa shape index (κ2) is 6.23. The zero-order valence-corrected chi connectivity index (χ0v) is 13.5. The molecule has 0 heterocycles. The minimum Gasteiger partial charge on any atom is -0.488 e. The van der Waals surface area contributed by atoms with E-state index in [1.54, 1.807) is 6.92 Å². The Morgan fingerprint density at radius 2 is 1.80 bits per heavy atom. The zero-order valence-electron chi connectivity index (χ0n) is 11.9. The highest BCUT2D eigenvalue weighted by Crippen LogP contribution is 2.33. The summed E-state index contributed by atoms with van der Waals surface area (Å²) in [6.45, 7) is 6.01. The molecule has 0 aliphatic heterocycles. The van der Waals surface area contributed by atoms with Gasteiger partial charge in [0.15, 0.2) is 5.78 Å². The number of halogens is 1.